The number of H-pyrrole nitrogens is 1. The highest BCUT2D eigenvalue weighted by Gasteiger charge is 2.22. The third kappa shape index (κ3) is 3.52. The third-order valence-electron chi connectivity index (χ3n) is 4.51. The molecule has 1 amide bonds. The molecule has 1 aliphatic rings. The number of nitrogens with one attached hydrogen (secondary N) is 2. The molecule has 1 aromatic heterocycles. The Kier molecular flexibility index (Phi) is 4.42. The highest BCUT2D eigenvalue weighted by Crippen LogP contribution is 2.29. The van der Waals surface area contributed by atoms with Crippen LogP contribution in [-0.4, -0.2) is 28.9 Å². The van der Waals surface area contributed by atoms with E-state index in [0.29, 0.717) is 11.6 Å². The fraction of sp³-hybridized carbons (Fsp3) is 0.211. The van der Waals surface area contributed by atoms with E-state index in [2.05, 4.69) is 15.2 Å². The van der Waals surface area contributed by atoms with Crippen LogP contribution >= 0.6 is 23.2 Å². The highest BCUT2D eigenvalue weighted by molar-refractivity contribution is 6.31. The van der Waals surface area contributed by atoms with Crippen molar-refractivity contribution in [1.82, 2.24) is 9.88 Å². The normalized spacial score (nSPS) is 14.5. The van der Waals surface area contributed by atoms with E-state index in [1.54, 1.807) is 24.3 Å². The van der Waals surface area contributed by atoms with E-state index in [1.807, 2.05) is 18.2 Å². The van der Waals surface area contributed by atoms with Crippen LogP contribution in [0.2, 0.25) is 10.0 Å². The predicted molar refractivity (Wildman–Crippen MR) is 102 cm³/mol. The predicted octanol–water partition coefficient (Wildman–Crippen LogP) is 4.47. The van der Waals surface area contributed by atoms with Crippen LogP contribution in [0.1, 0.15) is 11.3 Å². The van der Waals surface area contributed by atoms with Crippen molar-refractivity contribution in [2.75, 3.05) is 18.4 Å². The number of benzene rings is 2. The Bertz CT molecular complexity index is 934. The quantitative estimate of drug-likeness (QED) is 0.711. The molecule has 128 valence electrons. The molecule has 0 radical (unpaired) electrons. The van der Waals surface area contributed by atoms with Crippen LogP contribution in [0.25, 0.3) is 10.9 Å². The molecule has 1 aliphatic heterocycles. The van der Waals surface area contributed by atoms with Gasteiger partial charge in [0.25, 0.3) is 0 Å². The minimum absolute atomic E-state index is 0.0232. The Hall–Kier alpha value is -2.01. The van der Waals surface area contributed by atoms with E-state index in [9.17, 15) is 4.79 Å². The van der Waals surface area contributed by atoms with Crippen LogP contribution in [0.5, 0.6) is 0 Å². The van der Waals surface area contributed by atoms with Gasteiger partial charge in [-0.3, -0.25) is 9.69 Å². The zero-order chi connectivity index (χ0) is 17.4. The number of hydrogen-bond acceptors (Lipinski definition) is 2. The number of aromatic amines is 1. The maximum Gasteiger partial charge on any atom is 0.238 e. The maximum atomic E-state index is 12.3. The topological polar surface area (TPSA) is 48.1 Å². The molecule has 0 saturated heterocycles. The Balaban J connectivity index is 1.44. The van der Waals surface area contributed by atoms with Gasteiger partial charge in [0.2, 0.25) is 5.91 Å². The van der Waals surface area contributed by atoms with Gasteiger partial charge in [-0.05, 0) is 54.4 Å². The summed E-state index contributed by atoms with van der Waals surface area (Å²) in [4.78, 5) is 17.9. The lowest BCUT2D eigenvalue weighted by molar-refractivity contribution is -0.117. The Morgan fingerprint density at radius 3 is 2.68 bits per heavy atom. The molecule has 0 fully saturated rings. The largest absolute Gasteiger partial charge is 0.357 e. The van der Waals surface area contributed by atoms with Gasteiger partial charge < -0.3 is 10.3 Å². The van der Waals surface area contributed by atoms with E-state index in [0.717, 1.165) is 35.7 Å². The van der Waals surface area contributed by atoms with Crippen LogP contribution in [0.3, 0.4) is 0 Å². The van der Waals surface area contributed by atoms with E-state index in [1.165, 1.54) is 16.6 Å². The van der Waals surface area contributed by atoms with Gasteiger partial charge in [-0.15, -0.1) is 0 Å². The second-order valence-corrected chi connectivity index (χ2v) is 7.16. The van der Waals surface area contributed by atoms with Crippen LogP contribution in [0.4, 0.5) is 5.69 Å². The first-order valence-electron chi connectivity index (χ1n) is 8.15. The van der Waals surface area contributed by atoms with Gasteiger partial charge >= 0.3 is 0 Å². The molecule has 3 aromatic rings. The molecule has 0 atom stereocenters. The van der Waals surface area contributed by atoms with Crippen molar-refractivity contribution < 1.29 is 4.79 Å². The van der Waals surface area contributed by atoms with E-state index in [-0.39, 0.29) is 5.91 Å². The lowest BCUT2D eigenvalue weighted by atomic mass is 10.0. The van der Waals surface area contributed by atoms with Crippen molar-refractivity contribution in [3.8, 4) is 0 Å². The Morgan fingerprint density at radius 1 is 1.12 bits per heavy atom. The number of aromatic nitrogens is 1. The zero-order valence-corrected chi connectivity index (χ0v) is 15.0. The van der Waals surface area contributed by atoms with Crippen molar-refractivity contribution in [2.45, 2.75) is 13.0 Å². The standard InChI is InChI=1S/C19H17Cl2N3O/c20-12-1-4-14(5-2-12)22-19(25)11-24-8-7-15-16-9-13(21)3-6-17(16)23-18(15)10-24/h1-6,9,23H,7-8,10-11H2,(H,22,25). The molecular formula is C19H17Cl2N3O. The van der Waals surface area contributed by atoms with E-state index in [4.69, 9.17) is 23.2 Å². The van der Waals surface area contributed by atoms with Crippen molar-refractivity contribution in [3.63, 3.8) is 0 Å². The number of fused-ring (bicyclic) bond motifs is 3. The molecule has 2 aromatic carbocycles. The average Bonchev–Trinajstić information content (AvgIpc) is 2.94. The van der Waals surface area contributed by atoms with Gasteiger partial charge in [-0.25, -0.2) is 0 Å². The van der Waals surface area contributed by atoms with Gasteiger partial charge in [-0.2, -0.15) is 0 Å². The second-order valence-electron chi connectivity index (χ2n) is 6.29. The van der Waals surface area contributed by atoms with Crippen LogP contribution < -0.4 is 5.32 Å². The van der Waals surface area contributed by atoms with Gasteiger partial charge in [0.1, 0.15) is 0 Å². The smallest absolute Gasteiger partial charge is 0.238 e. The number of halogens is 2. The fourth-order valence-electron chi connectivity index (χ4n) is 3.34. The second kappa shape index (κ2) is 6.71. The molecule has 2 heterocycles. The van der Waals surface area contributed by atoms with Gasteiger partial charge in [0.05, 0.1) is 6.54 Å². The first-order valence-corrected chi connectivity index (χ1v) is 8.91. The molecule has 25 heavy (non-hydrogen) atoms. The number of carbonyl (C=O) groups is 1. The summed E-state index contributed by atoms with van der Waals surface area (Å²) in [6.07, 6.45) is 0.907. The summed E-state index contributed by atoms with van der Waals surface area (Å²) in [7, 11) is 0. The molecular weight excluding hydrogens is 357 g/mol. The van der Waals surface area contributed by atoms with E-state index >= 15 is 0 Å². The number of anilines is 1. The third-order valence-corrected chi connectivity index (χ3v) is 5.00. The molecule has 0 saturated carbocycles. The first kappa shape index (κ1) is 16.5. The van der Waals surface area contributed by atoms with Crippen molar-refractivity contribution in [3.05, 3.63) is 63.8 Å². The van der Waals surface area contributed by atoms with Crippen LogP contribution in [-0.2, 0) is 17.8 Å². The van der Waals surface area contributed by atoms with Gasteiger partial charge in [0.15, 0.2) is 0 Å². The monoisotopic (exact) mass is 373 g/mol. The summed E-state index contributed by atoms with van der Waals surface area (Å²) in [5, 5.41) is 5.50. The number of rotatable bonds is 3. The van der Waals surface area contributed by atoms with Gasteiger partial charge in [0, 0.05) is 45.4 Å². The summed E-state index contributed by atoms with van der Waals surface area (Å²) in [6, 6.07) is 13.0. The Labute approximate surface area is 155 Å². The number of amides is 1. The summed E-state index contributed by atoms with van der Waals surface area (Å²) >= 11 is 12.0. The highest BCUT2D eigenvalue weighted by atomic mass is 35.5. The summed E-state index contributed by atoms with van der Waals surface area (Å²) < 4.78 is 0. The summed E-state index contributed by atoms with van der Waals surface area (Å²) in [5.74, 6) is -0.0232. The minimum atomic E-state index is -0.0232. The van der Waals surface area contributed by atoms with E-state index < -0.39 is 0 Å². The van der Waals surface area contributed by atoms with Crippen molar-refractivity contribution >= 4 is 45.7 Å². The number of hydrogen-bond donors (Lipinski definition) is 2. The minimum Gasteiger partial charge on any atom is -0.357 e. The molecule has 4 rings (SSSR count). The molecule has 0 unspecified atom stereocenters. The molecule has 2 N–H and O–H groups in total. The SMILES string of the molecule is O=C(CN1CCc2c([nH]c3ccc(Cl)cc23)C1)Nc1ccc(Cl)cc1. The maximum absolute atomic E-state index is 12.3. The molecule has 0 spiro atoms. The molecule has 4 nitrogen and oxygen atoms in total. The number of nitrogens with zero attached hydrogens (tertiary/aromatic N) is 1. The van der Waals surface area contributed by atoms with Crippen LogP contribution in [0, 0.1) is 0 Å². The Morgan fingerprint density at radius 2 is 1.88 bits per heavy atom. The lowest BCUT2D eigenvalue weighted by Gasteiger charge is -2.26. The number of carbonyl (C=O) groups excluding carboxylic acids is 1. The fourth-order valence-corrected chi connectivity index (χ4v) is 3.64. The molecule has 0 bridgehead atoms. The summed E-state index contributed by atoms with van der Waals surface area (Å²) in [6.45, 7) is 1.94. The zero-order valence-electron chi connectivity index (χ0n) is 13.5. The molecule has 0 aliphatic carbocycles. The van der Waals surface area contributed by atoms with Gasteiger partial charge in [-0.1, -0.05) is 23.2 Å². The van der Waals surface area contributed by atoms with Crippen molar-refractivity contribution in [2.24, 2.45) is 0 Å². The first-order chi connectivity index (χ1) is 12.1. The van der Waals surface area contributed by atoms with Crippen molar-refractivity contribution in [1.29, 1.82) is 0 Å². The molecule has 6 heteroatoms. The lowest BCUT2D eigenvalue weighted by Crippen LogP contribution is -2.37. The summed E-state index contributed by atoms with van der Waals surface area (Å²) in [5.41, 5.74) is 4.34. The van der Waals surface area contributed by atoms with Crippen LogP contribution in [0.15, 0.2) is 42.5 Å². The average molecular weight is 374 g/mol.